The quantitative estimate of drug-likeness (QED) is 0.446. The van der Waals surface area contributed by atoms with Crippen LogP contribution in [0.25, 0.3) is 0 Å². The van der Waals surface area contributed by atoms with E-state index in [4.69, 9.17) is 9.47 Å². The first-order valence-corrected chi connectivity index (χ1v) is 8.95. The van der Waals surface area contributed by atoms with E-state index in [0.717, 1.165) is 12.2 Å². The lowest BCUT2D eigenvalue weighted by Gasteiger charge is -2.16. The number of nitrogens with zero attached hydrogens (tertiary/aromatic N) is 1. The zero-order valence-electron chi connectivity index (χ0n) is 15.1. The highest BCUT2D eigenvalue weighted by molar-refractivity contribution is 8.00. The Hall–Kier alpha value is -2.34. The van der Waals surface area contributed by atoms with E-state index in [9.17, 15) is 0 Å². The summed E-state index contributed by atoms with van der Waals surface area (Å²) in [6.45, 7) is 2.99. The van der Waals surface area contributed by atoms with Crippen LogP contribution in [0.1, 0.15) is 6.92 Å². The summed E-state index contributed by atoms with van der Waals surface area (Å²) in [6.07, 6.45) is 0. The average molecular weight is 359 g/mol. The van der Waals surface area contributed by atoms with Crippen LogP contribution in [0.3, 0.4) is 0 Å². The Morgan fingerprint density at radius 3 is 2.44 bits per heavy atom. The summed E-state index contributed by atoms with van der Waals surface area (Å²) in [7, 11) is 5.00. The highest BCUT2D eigenvalue weighted by Gasteiger charge is 2.08. The molecular formula is C19H25N3O2S. The van der Waals surface area contributed by atoms with E-state index in [2.05, 4.69) is 46.8 Å². The van der Waals surface area contributed by atoms with E-state index >= 15 is 0 Å². The van der Waals surface area contributed by atoms with Crippen molar-refractivity contribution < 1.29 is 9.47 Å². The second-order valence-corrected chi connectivity index (χ2v) is 6.90. The molecule has 0 bridgehead atoms. The number of nitrogens with one attached hydrogen (secondary N) is 2. The number of hydrogen-bond donors (Lipinski definition) is 2. The molecule has 6 heteroatoms. The smallest absolute Gasteiger partial charge is 0.195 e. The summed E-state index contributed by atoms with van der Waals surface area (Å²) in [4.78, 5) is 5.54. The molecule has 134 valence electrons. The van der Waals surface area contributed by atoms with Gasteiger partial charge in [0.25, 0.3) is 0 Å². The molecule has 0 aliphatic heterocycles. The van der Waals surface area contributed by atoms with Gasteiger partial charge in [-0.1, -0.05) is 25.1 Å². The second kappa shape index (κ2) is 9.84. The number of aliphatic imine (C=N–C) groups is 1. The number of guanidine groups is 1. The van der Waals surface area contributed by atoms with Crippen molar-refractivity contribution in [3.8, 4) is 11.5 Å². The molecule has 0 radical (unpaired) electrons. The molecule has 25 heavy (non-hydrogen) atoms. The molecule has 0 heterocycles. The van der Waals surface area contributed by atoms with Crippen molar-refractivity contribution in [3.05, 3.63) is 48.5 Å². The van der Waals surface area contributed by atoms with Gasteiger partial charge < -0.3 is 20.1 Å². The number of methoxy groups -OCH3 is 2. The molecule has 2 aromatic rings. The Morgan fingerprint density at radius 1 is 1.08 bits per heavy atom. The molecule has 0 aliphatic rings. The number of ether oxygens (including phenoxy) is 2. The zero-order chi connectivity index (χ0) is 18.1. The van der Waals surface area contributed by atoms with Crippen molar-refractivity contribution in [3.63, 3.8) is 0 Å². The minimum absolute atomic E-state index is 0.409. The number of hydrogen-bond acceptors (Lipinski definition) is 4. The normalized spacial score (nSPS) is 12.4. The van der Waals surface area contributed by atoms with E-state index in [-0.39, 0.29) is 0 Å². The fourth-order valence-corrected chi connectivity index (χ4v) is 3.19. The van der Waals surface area contributed by atoms with Crippen LogP contribution in [0.15, 0.2) is 58.4 Å². The van der Waals surface area contributed by atoms with Gasteiger partial charge in [0.1, 0.15) is 0 Å². The summed E-state index contributed by atoms with van der Waals surface area (Å²) < 4.78 is 10.6. The Morgan fingerprint density at radius 2 is 1.80 bits per heavy atom. The predicted molar refractivity (Wildman–Crippen MR) is 106 cm³/mol. The van der Waals surface area contributed by atoms with Crippen LogP contribution in [0.2, 0.25) is 0 Å². The predicted octanol–water partition coefficient (Wildman–Crippen LogP) is 3.87. The maximum absolute atomic E-state index is 5.33. The summed E-state index contributed by atoms with van der Waals surface area (Å²) in [5.74, 6) is 2.09. The molecule has 0 amide bonds. The fraction of sp³-hybridized carbons (Fsp3) is 0.316. The van der Waals surface area contributed by atoms with Crippen LogP contribution in [0.4, 0.5) is 5.69 Å². The first kappa shape index (κ1) is 19.0. The van der Waals surface area contributed by atoms with Gasteiger partial charge in [0.15, 0.2) is 17.5 Å². The third-order valence-electron chi connectivity index (χ3n) is 3.51. The number of benzene rings is 2. The third kappa shape index (κ3) is 5.90. The number of rotatable bonds is 7. The van der Waals surface area contributed by atoms with Crippen molar-refractivity contribution >= 4 is 23.4 Å². The molecule has 0 spiro atoms. The molecule has 2 aromatic carbocycles. The maximum Gasteiger partial charge on any atom is 0.195 e. The van der Waals surface area contributed by atoms with Crippen LogP contribution < -0.4 is 20.1 Å². The van der Waals surface area contributed by atoms with Crippen LogP contribution >= 0.6 is 11.8 Å². The Labute approximate surface area is 153 Å². The number of anilines is 1. The summed E-state index contributed by atoms with van der Waals surface area (Å²) in [5.41, 5.74) is 0.883. The fourth-order valence-electron chi connectivity index (χ4n) is 2.24. The summed E-state index contributed by atoms with van der Waals surface area (Å²) in [6, 6.07) is 16.1. The van der Waals surface area contributed by atoms with Crippen molar-refractivity contribution in [2.45, 2.75) is 17.1 Å². The lowest BCUT2D eigenvalue weighted by molar-refractivity contribution is 0.355. The molecule has 0 saturated heterocycles. The average Bonchev–Trinajstić information content (AvgIpc) is 2.65. The zero-order valence-corrected chi connectivity index (χ0v) is 15.9. The van der Waals surface area contributed by atoms with Gasteiger partial charge >= 0.3 is 0 Å². The van der Waals surface area contributed by atoms with Gasteiger partial charge in [-0.15, -0.1) is 11.8 Å². The minimum Gasteiger partial charge on any atom is -0.493 e. The highest BCUT2D eigenvalue weighted by atomic mass is 32.2. The van der Waals surface area contributed by atoms with Gasteiger partial charge in [-0.2, -0.15) is 0 Å². The lowest BCUT2D eigenvalue weighted by atomic mass is 10.3. The molecule has 0 aliphatic carbocycles. The van der Waals surface area contributed by atoms with E-state index in [1.54, 1.807) is 21.3 Å². The van der Waals surface area contributed by atoms with Gasteiger partial charge in [0.05, 0.1) is 14.2 Å². The first-order valence-electron chi connectivity index (χ1n) is 8.07. The van der Waals surface area contributed by atoms with Crippen LogP contribution in [0.5, 0.6) is 11.5 Å². The van der Waals surface area contributed by atoms with Crippen molar-refractivity contribution in [1.29, 1.82) is 0 Å². The molecular weight excluding hydrogens is 334 g/mol. The van der Waals surface area contributed by atoms with Crippen LogP contribution in [-0.4, -0.2) is 39.0 Å². The van der Waals surface area contributed by atoms with E-state index < -0.39 is 0 Å². The summed E-state index contributed by atoms with van der Waals surface area (Å²) >= 11 is 1.83. The molecule has 2 N–H and O–H groups in total. The van der Waals surface area contributed by atoms with Crippen molar-refractivity contribution in [1.82, 2.24) is 5.32 Å². The topological polar surface area (TPSA) is 54.9 Å². The monoisotopic (exact) mass is 359 g/mol. The number of thioether (sulfide) groups is 1. The first-order chi connectivity index (χ1) is 12.2. The second-order valence-electron chi connectivity index (χ2n) is 5.39. The Balaban J connectivity index is 1.90. The molecule has 0 aromatic heterocycles. The largest absolute Gasteiger partial charge is 0.493 e. The van der Waals surface area contributed by atoms with E-state index in [1.807, 2.05) is 36.0 Å². The van der Waals surface area contributed by atoms with Crippen molar-refractivity contribution in [2.24, 2.45) is 4.99 Å². The van der Waals surface area contributed by atoms with E-state index in [0.29, 0.717) is 22.7 Å². The third-order valence-corrected chi connectivity index (χ3v) is 4.62. The molecule has 2 rings (SSSR count). The van der Waals surface area contributed by atoms with Gasteiger partial charge in [0, 0.05) is 35.5 Å². The molecule has 1 atom stereocenters. The van der Waals surface area contributed by atoms with Crippen LogP contribution in [0, 0.1) is 0 Å². The van der Waals surface area contributed by atoms with Gasteiger partial charge in [-0.25, -0.2) is 0 Å². The van der Waals surface area contributed by atoms with Gasteiger partial charge in [0.2, 0.25) is 0 Å². The molecule has 1 unspecified atom stereocenters. The standard InChI is InChI=1S/C19H25N3O2S/c1-14(25-16-8-6-5-7-9-16)13-21-19(20-2)22-15-10-11-17(23-3)18(12-15)24-4/h5-12,14H,13H2,1-4H3,(H2,20,21,22). The maximum atomic E-state index is 5.33. The van der Waals surface area contributed by atoms with Crippen molar-refractivity contribution in [2.75, 3.05) is 33.1 Å². The highest BCUT2D eigenvalue weighted by Crippen LogP contribution is 2.29. The minimum atomic E-state index is 0.409. The van der Waals surface area contributed by atoms with Gasteiger partial charge in [-0.05, 0) is 24.3 Å². The van der Waals surface area contributed by atoms with Crippen LogP contribution in [-0.2, 0) is 0 Å². The molecule has 0 fully saturated rings. The van der Waals surface area contributed by atoms with Gasteiger partial charge in [-0.3, -0.25) is 4.99 Å². The molecule has 0 saturated carbocycles. The summed E-state index contributed by atoms with van der Waals surface area (Å²) in [5, 5.41) is 7.03. The molecule has 5 nitrogen and oxygen atoms in total. The SMILES string of the molecule is CN=C(NCC(C)Sc1ccccc1)Nc1ccc(OC)c(OC)c1. The Kier molecular flexibility index (Phi) is 7.47. The lowest BCUT2D eigenvalue weighted by Crippen LogP contribution is -2.34. The van der Waals surface area contributed by atoms with E-state index in [1.165, 1.54) is 4.90 Å². The Bertz CT molecular complexity index is 692.